The van der Waals surface area contributed by atoms with Crippen LogP contribution < -0.4 is 10.1 Å². The minimum atomic E-state index is -0.426. The fourth-order valence-electron chi connectivity index (χ4n) is 1.88. The summed E-state index contributed by atoms with van der Waals surface area (Å²) in [6, 6.07) is 8.41. The normalized spacial score (nSPS) is 11.7. The second-order valence-electron chi connectivity index (χ2n) is 4.29. The molecule has 6 heteroatoms. The molecule has 0 fully saturated rings. The molecular weight excluding hydrogens is 258 g/mol. The van der Waals surface area contributed by atoms with E-state index in [2.05, 4.69) is 10.3 Å². The van der Waals surface area contributed by atoms with Crippen LogP contribution in [-0.4, -0.2) is 17.0 Å². The molecular formula is C14H15N3O3. The van der Waals surface area contributed by atoms with Crippen LogP contribution in [0.15, 0.2) is 42.7 Å². The standard InChI is InChI=1S/C14H15N3O3/c1-10(11-5-7-15-8-6-11)16-13-4-3-12(20-2)9-14(13)17(18)19/h3-10,16H,1-2H3. The molecule has 1 unspecified atom stereocenters. The zero-order chi connectivity index (χ0) is 14.5. The van der Waals surface area contributed by atoms with Gasteiger partial charge in [0.1, 0.15) is 11.4 Å². The van der Waals surface area contributed by atoms with Crippen LogP contribution in [0.5, 0.6) is 5.75 Å². The van der Waals surface area contributed by atoms with E-state index < -0.39 is 4.92 Å². The first-order chi connectivity index (χ1) is 9.61. The summed E-state index contributed by atoms with van der Waals surface area (Å²) in [5, 5.41) is 14.2. The predicted molar refractivity (Wildman–Crippen MR) is 75.9 cm³/mol. The van der Waals surface area contributed by atoms with E-state index >= 15 is 0 Å². The molecule has 1 aromatic carbocycles. The summed E-state index contributed by atoms with van der Waals surface area (Å²) in [4.78, 5) is 14.6. The SMILES string of the molecule is COc1ccc(NC(C)c2ccncc2)c([N+](=O)[O-])c1. The van der Waals surface area contributed by atoms with E-state index in [-0.39, 0.29) is 11.7 Å². The van der Waals surface area contributed by atoms with Crippen molar-refractivity contribution in [2.24, 2.45) is 0 Å². The van der Waals surface area contributed by atoms with Gasteiger partial charge in [-0.25, -0.2) is 0 Å². The minimum Gasteiger partial charge on any atom is -0.496 e. The van der Waals surface area contributed by atoms with Crippen molar-refractivity contribution >= 4 is 11.4 Å². The smallest absolute Gasteiger partial charge is 0.296 e. The highest BCUT2D eigenvalue weighted by Gasteiger charge is 2.17. The van der Waals surface area contributed by atoms with Crippen LogP contribution in [-0.2, 0) is 0 Å². The third-order valence-electron chi connectivity index (χ3n) is 2.98. The molecule has 20 heavy (non-hydrogen) atoms. The number of hydrogen-bond acceptors (Lipinski definition) is 5. The second-order valence-corrected chi connectivity index (χ2v) is 4.29. The largest absolute Gasteiger partial charge is 0.496 e. The van der Waals surface area contributed by atoms with Gasteiger partial charge in [0.2, 0.25) is 0 Å². The minimum absolute atomic E-state index is 0.00902. The summed E-state index contributed by atoms with van der Waals surface area (Å²) in [6.07, 6.45) is 3.38. The lowest BCUT2D eigenvalue weighted by Gasteiger charge is -2.15. The van der Waals surface area contributed by atoms with Gasteiger partial charge in [-0.05, 0) is 36.8 Å². The van der Waals surface area contributed by atoms with E-state index in [9.17, 15) is 10.1 Å². The molecule has 0 aliphatic rings. The Morgan fingerprint density at radius 3 is 2.60 bits per heavy atom. The van der Waals surface area contributed by atoms with E-state index in [1.54, 1.807) is 24.5 Å². The highest BCUT2D eigenvalue weighted by atomic mass is 16.6. The lowest BCUT2D eigenvalue weighted by atomic mass is 10.1. The number of ether oxygens (including phenoxy) is 1. The number of hydrogen-bond donors (Lipinski definition) is 1. The second kappa shape index (κ2) is 6.01. The van der Waals surface area contributed by atoms with Crippen LogP contribution in [0.3, 0.4) is 0 Å². The molecule has 1 heterocycles. The summed E-state index contributed by atoms with van der Waals surface area (Å²) in [6.45, 7) is 1.93. The number of nitro groups is 1. The summed E-state index contributed by atoms with van der Waals surface area (Å²) >= 11 is 0. The van der Waals surface area contributed by atoms with E-state index in [1.807, 2.05) is 19.1 Å². The van der Waals surface area contributed by atoms with Crippen LogP contribution in [0.25, 0.3) is 0 Å². The topological polar surface area (TPSA) is 77.3 Å². The zero-order valence-corrected chi connectivity index (χ0v) is 11.2. The molecule has 0 bridgehead atoms. The van der Waals surface area contributed by atoms with Crippen molar-refractivity contribution in [1.29, 1.82) is 0 Å². The molecule has 0 aliphatic carbocycles. The summed E-state index contributed by atoms with van der Waals surface area (Å²) < 4.78 is 5.01. The number of rotatable bonds is 5. The first-order valence-corrected chi connectivity index (χ1v) is 6.10. The van der Waals surface area contributed by atoms with E-state index in [0.29, 0.717) is 11.4 Å². The monoisotopic (exact) mass is 273 g/mol. The first kappa shape index (κ1) is 13.8. The van der Waals surface area contributed by atoms with E-state index in [4.69, 9.17) is 4.74 Å². The van der Waals surface area contributed by atoms with Gasteiger partial charge in [-0.3, -0.25) is 15.1 Å². The predicted octanol–water partition coefficient (Wildman–Crippen LogP) is 3.17. The van der Waals surface area contributed by atoms with Gasteiger partial charge in [0.05, 0.1) is 18.1 Å². The lowest BCUT2D eigenvalue weighted by Crippen LogP contribution is -2.08. The summed E-state index contributed by atoms with van der Waals surface area (Å²) in [7, 11) is 1.48. The molecule has 0 saturated carbocycles. The van der Waals surface area contributed by atoms with Gasteiger partial charge in [0.15, 0.2) is 0 Å². The van der Waals surface area contributed by atoms with Gasteiger partial charge < -0.3 is 10.1 Å². The Kier molecular flexibility index (Phi) is 4.14. The summed E-state index contributed by atoms with van der Waals surface area (Å²) in [5.74, 6) is 0.457. The molecule has 0 radical (unpaired) electrons. The fraction of sp³-hybridized carbons (Fsp3) is 0.214. The Hall–Kier alpha value is -2.63. The zero-order valence-electron chi connectivity index (χ0n) is 11.2. The van der Waals surface area contributed by atoms with Gasteiger partial charge in [0, 0.05) is 18.4 Å². The highest BCUT2D eigenvalue weighted by Crippen LogP contribution is 2.31. The van der Waals surface area contributed by atoms with Crippen LogP contribution in [0.2, 0.25) is 0 Å². The highest BCUT2D eigenvalue weighted by molar-refractivity contribution is 5.64. The third-order valence-corrected chi connectivity index (χ3v) is 2.98. The number of nitro benzene ring substituents is 1. The van der Waals surface area contributed by atoms with Gasteiger partial charge in [-0.15, -0.1) is 0 Å². The number of pyridine rings is 1. The molecule has 104 valence electrons. The number of benzene rings is 1. The molecule has 2 rings (SSSR count). The van der Waals surface area contributed by atoms with Crippen molar-refractivity contribution < 1.29 is 9.66 Å². The van der Waals surface area contributed by atoms with Crippen LogP contribution in [0, 0.1) is 10.1 Å². The van der Waals surface area contributed by atoms with Crippen LogP contribution in [0.1, 0.15) is 18.5 Å². The first-order valence-electron chi connectivity index (χ1n) is 6.10. The van der Waals surface area contributed by atoms with Crippen molar-refractivity contribution in [1.82, 2.24) is 4.98 Å². The molecule has 0 amide bonds. The van der Waals surface area contributed by atoms with Crippen molar-refractivity contribution in [3.05, 3.63) is 58.4 Å². The summed E-state index contributed by atoms with van der Waals surface area (Å²) in [5.41, 5.74) is 1.45. The fourth-order valence-corrected chi connectivity index (χ4v) is 1.88. The molecule has 0 spiro atoms. The Morgan fingerprint density at radius 1 is 1.30 bits per heavy atom. The maximum Gasteiger partial charge on any atom is 0.296 e. The van der Waals surface area contributed by atoms with Gasteiger partial charge >= 0.3 is 0 Å². The number of nitrogens with zero attached hydrogens (tertiary/aromatic N) is 2. The maximum atomic E-state index is 11.1. The van der Waals surface area contributed by atoms with Gasteiger partial charge in [-0.2, -0.15) is 0 Å². The van der Waals surface area contributed by atoms with Crippen molar-refractivity contribution in [2.75, 3.05) is 12.4 Å². The third kappa shape index (κ3) is 3.03. The average molecular weight is 273 g/mol. The molecule has 1 aromatic heterocycles. The van der Waals surface area contributed by atoms with E-state index in [0.717, 1.165) is 5.56 Å². The Morgan fingerprint density at radius 2 is 2.00 bits per heavy atom. The van der Waals surface area contributed by atoms with Gasteiger partial charge in [0.25, 0.3) is 5.69 Å². The Balaban J connectivity index is 2.27. The Bertz CT molecular complexity index is 602. The molecule has 6 nitrogen and oxygen atoms in total. The molecule has 1 atom stereocenters. The molecule has 0 aliphatic heterocycles. The van der Waals surface area contributed by atoms with Crippen molar-refractivity contribution in [2.45, 2.75) is 13.0 Å². The van der Waals surface area contributed by atoms with Gasteiger partial charge in [-0.1, -0.05) is 0 Å². The van der Waals surface area contributed by atoms with Crippen molar-refractivity contribution in [3.63, 3.8) is 0 Å². The Labute approximate surface area is 116 Å². The molecule has 2 aromatic rings. The number of anilines is 1. The van der Waals surface area contributed by atoms with E-state index in [1.165, 1.54) is 13.2 Å². The van der Waals surface area contributed by atoms with Crippen LogP contribution >= 0.6 is 0 Å². The number of nitrogens with one attached hydrogen (secondary N) is 1. The number of methoxy groups -OCH3 is 1. The molecule has 1 N–H and O–H groups in total. The van der Waals surface area contributed by atoms with Crippen LogP contribution in [0.4, 0.5) is 11.4 Å². The molecule has 0 saturated heterocycles. The number of aromatic nitrogens is 1. The quantitative estimate of drug-likeness (QED) is 0.668. The lowest BCUT2D eigenvalue weighted by molar-refractivity contribution is -0.384. The van der Waals surface area contributed by atoms with Crippen molar-refractivity contribution in [3.8, 4) is 5.75 Å². The average Bonchev–Trinajstić information content (AvgIpc) is 2.48. The maximum absolute atomic E-state index is 11.1.